The third-order valence-corrected chi connectivity index (χ3v) is 5.65. The van der Waals surface area contributed by atoms with Gasteiger partial charge >= 0.3 is 0 Å². The van der Waals surface area contributed by atoms with Crippen molar-refractivity contribution >= 4 is 20.7 Å². The van der Waals surface area contributed by atoms with Gasteiger partial charge in [-0.1, -0.05) is 12.1 Å². The maximum Gasteiger partial charge on any atom is 0.231 e. The van der Waals surface area contributed by atoms with E-state index >= 15 is 0 Å². The second-order valence-electron chi connectivity index (χ2n) is 6.44. The first-order valence-electron chi connectivity index (χ1n) is 8.46. The fourth-order valence-corrected chi connectivity index (χ4v) is 3.77. The molecule has 0 amide bonds. The Hall–Kier alpha value is -3.59. The summed E-state index contributed by atoms with van der Waals surface area (Å²) in [6.45, 7) is 0. The van der Waals surface area contributed by atoms with Crippen LogP contribution in [-0.4, -0.2) is 36.9 Å². The number of oxazole rings is 1. The number of sulfone groups is 1. The predicted molar refractivity (Wildman–Crippen MR) is 107 cm³/mol. The third kappa shape index (κ3) is 3.25. The van der Waals surface area contributed by atoms with Crippen LogP contribution in [0, 0.1) is 0 Å². The molecule has 0 bridgehead atoms. The van der Waals surface area contributed by atoms with Crippen molar-refractivity contribution in [3.63, 3.8) is 0 Å². The smallest absolute Gasteiger partial charge is 0.231 e. The second-order valence-corrected chi connectivity index (χ2v) is 8.46. The average Bonchev–Trinajstić information content (AvgIpc) is 3.24. The minimum absolute atomic E-state index is 0.0774. The largest absolute Gasteiger partial charge is 0.503 e. The molecule has 0 radical (unpaired) electrons. The molecule has 0 aliphatic heterocycles. The zero-order valence-electron chi connectivity index (χ0n) is 15.5. The SMILES string of the molecule is COc1cc2[nH]c(-c3cccc(S(C)(=O)=O)c3)c(O)c(=O)c2cc1-c1cnco1. The number of hydrogen-bond donors (Lipinski definition) is 2. The number of methoxy groups -OCH3 is 1. The van der Waals surface area contributed by atoms with Gasteiger partial charge in [0.2, 0.25) is 5.43 Å². The van der Waals surface area contributed by atoms with Gasteiger partial charge in [0.15, 0.2) is 27.7 Å². The van der Waals surface area contributed by atoms with Crippen LogP contribution in [0.5, 0.6) is 11.5 Å². The Morgan fingerprint density at radius 3 is 2.66 bits per heavy atom. The molecule has 2 heterocycles. The van der Waals surface area contributed by atoms with Crippen LogP contribution in [0.25, 0.3) is 33.5 Å². The first-order valence-corrected chi connectivity index (χ1v) is 10.3. The lowest BCUT2D eigenvalue weighted by molar-refractivity contribution is 0.415. The van der Waals surface area contributed by atoms with E-state index in [1.807, 2.05) is 0 Å². The Bertz CT molecular complexity index is 1390. The standard InChI is InChI=1S/C20H16N2O6S/c1-27-16-8-15-13(7-14(16)17-9-21-10-28-17)19(23)20(24)18(22-15)11-4-3-5-12(6-11)29(2,25)26/h3-10,24H,1-2H3,(H,22,23). The van der Waals surface area contributed by atoms with Crippen molar-refractivity contribution < 1.29 is 22.7 Å². The van der Waals surface area contributed by atoms with E-state index in [4.69, 9.17) is 9.15 Å². The highest BCUT2D eigenvalue weighted by atomic mass is 32.2. The van der Waals surface area contributed by atoms with Crippen LogP contribution >= 0.6 is 0 Å². The number of aromatic nitrogens is 2. The molecule has 0 aliphatic carbocycles. The van der Waals surface area contributed by atoms with E-state index < -0.39 is 21.0 Å². The number of nitrogens with zero attached hydrogens (tertiary/aromatic N) is 1. The Balaban J connectivity index is 1.98. The van der Waals surface area contributed by atoms with Crippen LogP contribution in [0.3, 0.4) is 0 Å². The lowest BCUT2D eigenvalue weighted by Crippen LogP contribution is -2.06. The Morgan fingerprint density at radius 2 is 2.00 bits per heavy atom. The molecule has 2 aromatic carbocycles. The third-order valence-electron chi connectivity index (χ3n) is 4.54. The van der Waals surface area contributed by atoms with Gasteiger partial charge in [0, 0.05) is 17.9 Å². The minimum atomic E-state index is -3.45. The van der Waals surface area contributed by atoms with E-state index in [0.29, 0.717) is 28.2 Å². The second kappa shape index (κ2) is 6.78. The molecule has 0 spiro atoms. The van der Waals surface area contributed by atoms with E-state index in [2.05, 4.69) is 9.97 Å². The first kappa shape index (κ1) is 18.8. The minimum Gasteiger partial charge on any atom is -0.503 e. The van der Waals surface area contributed by atoms with Crippen LogP contribution in [0.2, 0.25) is 0 Å². The summed E-state index contributed by atoms with van der Waals surface area (Å²) in [7, 11) is -1.97. The van der Waals surface area contributed by atoms with Gasteiger partial charge in [-0.05, 0) is 18.2 Å². The number of fused-ring (bicyclic) bond motifs is 1. The normalized spacial score (nSPS) is 11.7. The van der Waals surface area contributed by atoms with Crippen molar-refractivity contribution in [1.82, 2.24) is 9.97 Å². The summed E-state index contributed by atoms with van der Waals surface area (Å²) in [5.74, 6) is 0.329. The maximum atomic E-state index is 12.9. The molecule has 0 atom stereocenters. The number of nitrogens with one attached hydrogen (secondary N) is 1. The summed E-state index contributed by atoms with van der Waals surface area (Å²) in [6, 6.07) is 9.14. The molecule has 148 valence electrons. The molecule has 2 N–H and O–H groups in total. The lowest BCUT2D eigenvalue weighted by atomic mass is 10.0. The molecule has 4 rings (SSSR count). The van der Waals surface area contributed by atoms with Crippen molar-refractivity contribution in [2.75, 3.05) is 13.4 Å². The average molecular weight is 412 g/mol. The molecular formula is C20H16N2O6S. The molecule has 0 fully saturated rings. The summed E-state index contributed by atoms with van der Waals surface area (Å²) in [5, 5.41) is 10.8. The number of pyridine rings is 1. The zero-order chi connectivity index (χ0) is 20.8. The summed E-state index contributed by atoms with van der Waals surface area (Å²) >= 11 is 0. The fraction of sp³-hybridized carbons (Fsp3) is 0.100. The quantitative estimate of drug-likeness (QED) is 0.528. The van der Waals surface area contributed by atoms with Crippen LogP contribution in [-0.2, 0) is 9.84 Å². The highest BCUT2D eigenvalue weighted by molar-refractivity contribution is 7.90. The van der Waals surface area contributed by atoms with E-state index in [0.717, 1.165) is 6.26 Å². The predicted octanol–water partition coefficient (Wildman–Crippen LogP) is 2.97. The number of H-pyrrole nitrogens is 1. The van der Waals surface area contributed by atoms with Crippen molar-refractivity contribution in [1.29, 1.82) is 0 Å². The van der Waals surface area contributed by atoms with E-state index in [9.17, 15) is 18.3 Å². The Kier molecular flexibility index (Phi) is 4.39. The monoisotopic (exact) mass is 412 g/mol. The van der Waals surface area contributed by atoms with Crippen molar-refractivity contribution in [2.45, 2.75) is 4.90 Å². The first-order chi connectivity index (χ1) is 13.8. The lowest BCUT2D eigenvalue weighted by Gasteiger charge is -2.12. The molecule has 8 nitrogen and oxygen atoms in total. The van der Waals surface area contributed by atoms with E-state index in [1.54, 1.807) is 24.3 Å². The van der Waals surface area contributed by atoms with Crippen molar-refractivity contribution in [3.8, 4) is 34.1 Å². The number of rotatable bonds is 4. The summed E-state index contributed by atoms with van der Waals surface area (Å²) in [4.78, 5) is 19.8. The van der Waals surface area contributed by atoms with Gasteiger partial charge in [-0.3, -0.25) is 4.79 Å². The fourth-order valence-electron chi connectivity index (χ4n) is 3.11. The highest BCUT2D eigenvalue weighted by Crippen LogP contribution is 2.35. The van der Waals surface area contributed by atoms with Crippen molar-refractivity contribution in [3.05, 3.63) is 59.2 Å². The molecule has 4 aromatic rings. The Labute approximate surface area is 165 Å². The van der Waals surface area contributed by atoms with E-state index in [1.165, 1.54) is 31.8 Å². The summed E-state index contributed by atoms with van der Waals surface area (Å²) < 4.78 is 34.4. The van der Waals surface area contributed by atoms with Crippen LogP contribution in [0.15, 0.2) is 63.1 Å². The van der Waals surface area contributed by atoms with Crippen LogP contribution in [0.4, 0.5) is 0 Å². The molecule has 0 saturated carbocycles. The van der Waals surface area contributed by atoms with Crippen LogP contribution < -0.4 is 10.2 Å². The van der Waals surface area contributed by atoms with Gasteiger partial charge in [-0.2, -0.15) is 0 Å². The molecule has 29 heavy (non-hydrogen) atoms. The molecule has 9 heteroatoms. The molecular weight excluding hydrogens is 396 g/mol. The molecule has 0 saturated heterocycles. The number of benzene rings is 2. The van der Waals surface area contributed by atoms with Gasteiger partial charge in [-0.15, -0.1) is 0 Å². The van der Waals surface area contributed by atoms with Crippen LogP contribution in [0.1, 0.15) is 0 Å². The van der Waals surface area contributed by atoms with Gasteiger partial charge in [0.25, 0.3) is 0 Å². The van der Waals surface area contributed by atoms with Gasteiger partial charge in [-0.25, -0.2) is 13.4 Å². The number of aromatic amines is 1. The van der Waals surface area contributed by atoms with Gasteiger partial charge in [0.05, 0.1) is 40.4 Å². The summed E-state index contributed by atoms with van der Waals surface area (Å²) in [6.07, 6.45) is 3.84. The topological polar surface area (TPSA) is 122 Å². The van der Waals surface area contributed by atoms with Crippen molar-refractivity contribution in [2.24, 2.45) is 0 Å². The van der Waals surface area contributed by atoms with Gasteiger partial charge in [0.1, 0.15) is 5.75 Å². The van der Waals surface area contributed by atoms with E-state index in [-0.39, 0.29) is 16.0 Å². The van der Waals surface area contributed by atoms with Gasteiger partial charge < -0.3 is 19.2 Å². The highest BCUT2D eigenvalue weighted by Gasteiger charge is 2.18. The molecule has 0 unspecified atom stereocenters. The molecule has 0 aliphatic rings. The maximum absolute atomic E-state index is 12.9. The number of hydrogen-bond acceptors (Lipinski definition) is 7. The summed E-state index contributed by atoms with van der Waals surface area (Å²) in [5.41, 5.74) is 0.786. The number of aromatic hydroxyl groups is 1. The zero-order valence-corrected chi connectivity index (χ0v) is 16.3. The Morgan fingerprint density at radius 1 is 1.21 bits per heavy atom. The molecule has 2 aromatic heterocycles. The number of ether oxygens (including phenoxy) is 1.